The minimum Gasteiger partial charge on any atom is -0.538 e. The minimum absolute atomic E-state index is 0. The Morgan fingerprint density at radius 3 is 2.37 bits per heavy atom. The van der Waals surface area contributed by atoms with Gasteiger partial charge < -0.3 is 18.9 Å². The first kappa shape index (κ1) is 27.1. The average molecular weight is 667 g/mol. The Morgan fingerprint density at radius 1 is 1.20 bits per heavy atom. The van der Waals surface area contributed by atoms with E-state index in [2.05, 4.69) is 0 Å². The topological polar surface area (TPSA) is 114 Å². The van der Waals surface area contributed by atoms with E-state index in [9.17, 15) is 18.0 Å². The van der Waals surface area contributed by atoms with Gasteiger partial charge in [0.25, 0.3) is 16.1 Å². The summed E-state index contributed by atoms with van der Waals surface area (Å²) in [6, 6.07) is 9.20. The molecule has 0 aromatic heterocycles. The average Bonchev–Trinajstić information content (AvgIpc) is 2.95. The number of benzene rings is 1. The van der Waals surface area contributed by atoms with E-state index in [1.165, 1.54) is 27.4 Å². The van der Waals surface area contributed by atoms with Crippen LogP contribution in [-0.4, -0.2) is 57.1 Å². The molecule has 30 heavy (non-hydrogen) atoms. The summed E-state index contributed by atoms with van der Waals surface area (Å²) in [6.07, 6.45) is -2.18. The van der Waals surface area contributed by atoms with Crippen molar-refractivity contribution in [2.24, 2.45) is 0 Å². The van der Waals surface area contributed by atoms with Gasteiger partial charge in [0.1, 0.15) is 24.4 Å². The van der Waals surface area contributed by atoms with E-state index in [1.54, 1.807) is 0 Å². The van der Waals surface area contributed by atoms with Crippen molar-refractivity contribution in [3.05, 3.63) is 42.5 Å². The van der Waals surface area contributed by atoms with Crippen LogP contribution in [0, 0.1) is 37.7 Å². The molecule has 1 fully saturated rings. The normalized spacial score (nSPS) is 24.5. The van der Waals surface area contributed by atoms with Gasteiger partial charge in [-0.2, -0.15) is 15.0 Å². The summed E-state index contributed by atoms with van der Waals surface area (Å²) in [4.78, 5) is 23.0. The van der Waals surface area contributed by atoms with Crippen LogP contribution >= 0.6 is 0 Å². The molecule has 0 N–H and O–H groups in total. The monoisotopic (exact) mass is 667 g/mol. The Balaban J connectivity index is 0.00000450. The van der Waals surface area contributed by atoms with Crippen LogP contribution in [0.5, 0.6) is 0 Å². The molecule has 9 nitrogen and oxygen atoms in total. The number of carbonyl (C=O) groups is 2. The van der Waals surface area contributed by atoms with Crippen molar-refractivity contribution >= 4 is 22.1 Å². The molecule has 0 amide bonds. The maximum absolute atomic E-state index is 11.7. The zero-order chi connectivity index (χ0) is 21.7. The summed E-state index contributed by atoms with van der Waals surface area (Å²) in [5.41, 5.74) is -0.719. The van der Waals surface area contributed by atoms with E-state index in [0.29, 0.717) is 0 Å². The summed E-state index contributed by atoms with van der Waals surface area (Å²) < 4.78 is 50.6. The summed E-state index contributed by atoms with van der Waals surface area (Å²) >= 11 is 0. The van der Waals surface area contributed by atoms with Gasteiger partial charge in [0.15, 0.2) is 0 Å². The molecule has 2 rings (SSSR count). The molecule has 11 heteroatoms. The Morgan fingerprint density at radius 2 is 1.83 bits per heavy atom. The van der Waals surface area contributed by atoms with Crippen molar-refractivity contribution < 1.29 is 72.3 Å². The van der Waals surface area contributed by atoms with Crippen molar-refractivity contribution in [1.29, 1.82) is 0 Å². The molecule has 0 radical (unpaired) electrons. The first-order chi connectivity index (χ1) is 13.5. The van der Waals surface area contributed by atoms with E-state index in [1.807, 2.05) is 30.3 Å². The van der Waals surface area contributed by atoms with Crippen LogP contribution in [0.15, 0.2) is 30.3 Å². The van der Waals surface area contributed by atoms with Crippen LogP contribution in [0.3, 0.4) is 0 Å². The Bertz CT molecular complexity index is 815. The van der Waals surface area contributed by atoms with Gasteiger partial charge in [-0.15, -0.1) is 0 Å². The molecule has 1 aliphatic heterocycles. The SMILES string of the molecule is CC(=O)OC[C@@]1([C@H](C)OS(C)(=O)=O)O[CH-][C@H](OC(C)=O)[C@@H]1OCc1ccccc1.[U]. The standard InChI is InChI=1S/C19H25O9S.U/c1-13(28-29(4,22)23)19(12-25-14(2)20)18(17(11-26-19)27-15(3)21)24-10-16-8-6-5-7-9-16;/h5-9,11,13,17-18H,10,12H2,1-4H3;/q-1;/t13-,17-,18-,19-;/m0./s1. The van der Waals surface area contributed by atoms with Crippen molar-refractivity contribution in [1.82, 2.24) is 0 Å². The van der Waals surface area contributed by atoms with E-state index in [-0.39, 0.29) is 44.3 Å². The summed E-state index contributed by atoms with van der Waals surface area (Å²) in [5.74, 6) is -1.18. The van der Waals surface area contributed by atoms with Crippen LogP contribution in [0.25, 0.3) is 0 Å². The molecule has 166 valence electrons. The van der Waals surface area contributed by atoms with Gasteiger partial charge in [-0.25, -0.2) is 0 Å². The van der Waals surface area contributed by atoms with Crippen molar-refractivity contribution in [3.8, 4) is 0 Å². The summed E-state index contributed by atoms with van der Waals surface area (Å²) in [5, 5.41) is 0. The Hall–Kier alpha value is -0.958. The molecule has 1 aromatic carbocycles. The van der Waals surface area contributed by atoms with Gasteiger partial charge in [0.05, 0.1) is 12.9 Å². The van der Waals surface area contributed by atoms with Gasteiger partial charge in [0.2, 0.25) is 0 Å². The number of carbonyl (C=O) groups excluding carboxylic acids is 2. The maximum Gasteiger partial charge on any atom is 0.302 e. The molecule has 0 bridgehead atoms. The fourth-order valence-corrected chi connectivity index (χ4v) is 3.69. The molecule has 0 saturated carbocycles. The minimum atomic E-state index is -3.87. The third kappa shape index (κ3) is 7.63. The number of ether oxygens (including phenoxy) is 4. The molecule has 4 atom stereocenters. The predicted molar refractivity (Wildman–Crippen MR) is 101 cm³/mol. The van der Waals surface area contributed by atoms with Crippen LogP contribution < -0.4 is 0 Å². The molecule has 1 aromatic rings. The Labute approximate surface area is 200 Å². The zero-order valence-corrected chi connectivity index (χ0v) is 22.2. The van der Waals surface area contributed by atoms with E-state index in [0.717, 1.165) is 11.8 Å². The van der Waals surface area contributed by atoms with E-state index in [4.69, 9.17) is 23.1 Å². The van der Waals surface area contributed by atoms with E-state index >= 15 is 0 Å². The van der Waals surface area contributed by atoms with Crippen LogP contribution in [-0.2, 0) is 49.4 Å². The molecule has 1 heterocycles. The second-order valence-corrected chi connectivity index (χ2v) is 8.32. The number of rotatable bonds is 9. The zero-order valence-electron chi connectivity index (χ0n) is 17.2. The van der Waals surface area contributed by atoms with Crippen LogP contribution in [0.1, 0.15) is 26.3 Å². The molecule has 1 aliphatic rings. The quantitative estimate of drug-likeness (QED) is 0.219. The second-order valence-electron chi connectivity index (χ2n) is 6.72. The summed E-state index contributed by atoms with van der Waals surface area (Å²) in [7, 11) is -3.87. The molecular formula is C19H25O9SU-. The fourth-order valence-electron chi connectivity index (χ4n) is 3.01. The number of hydrogen-bond donors (Lipinski definition) is 0. The molecule has 0 unspecified atom stereocenters. The third-order valence-corrected chi connectivity index (χ3v) is 4.92. The van der Waals surface area contributed by atoms with Crippen molar-refractivity contribution in [3.63, 3.8) is 0 Å². The van der Waals surface area contributed by atoms with Gasteiger partial charge in [-0.3, -0.25) is 13.8 Å². The maximum atomic E-state index is 11.7. The molecule has 0 aliphatic carbocycles. The van der Waals surface area contributed by atoms with Gasteiger partial charge >= 0.3 is 5.97 Å². The molecular weight excluding hydrogens is 642 g/mol. The molecule has 1 saturated heterocycles. The summed E-state index contributed by atoms with van der Waals surface area (Å²) in [6.45, 7) is 4.86. The number of hydrogen-bond acceptors (Lipinski definition) is 9. The van der Waals surface area contributed by atoms with Gasteiger partial charge in [-0.05, 0) is 12.5 Å². The number of esters is 2. The Kier molecular flexibility index (Phi) is 10.5. The van der Waals surface area contributed by atoms with Crippen molar-refractivity contribution in [2.45, 2.75) is 51.3 Å². The van der Waals surface area contributed by atoms with Crippen molar-refractivity contribution in [2.75, 3.05) is 12.9 Å². The smallest absolute Gasteiger partial charge is 0.302 e. The van der Waals surface area contributed by atoms with Gasteiger partial charge in [-0.1, -0.05) is 30.3 Å². The third-order valence-electron chi connectivity index (χ3n) is 4.28. The predicted octanol–water partition coefficient (Wildman–Crippen LogP) is 1.36. The molecule has 0 spiro atoms. The first-order valence-electron chi connectivity index (χ1n) is 8.89. The van der Waals surface area contributed by atoms with E-state index < -0.39 is 46.0 Å². The first-order valence-corrected chi connectivity index (χ1v) is 10.7. The van der Waals surface area contributed by atoms with Crippen LogP contribution in [0.4, 0.5) is 0 Å². The largest absolute Gasteiger partial charge is 0.538 e. The second kappa shape index (κ2) is 11.6. The fraction of sp³-hybridized carbons (Fsp3) is 0.526. The van der Waals surface area contributed by atoms with Crippen LogP contribution in [0.2, 0.25) is 0 Å². The van der Waals surface area contributed by atoms with Gasteiger partial charge in [0, 0.05) is 51.1 Å².